The van der Waals surface area contributed by atoms with E-state index in [1.54, 1.807) is 36.4 Å². The van der Waals surface area contributed by atoms with Crippen molar-refractivity contribution in [2.45, 2.75) is 13.0 Å². The highest BCUT2D eigenvalue weighted by Gasteiger charge is 2.39. The van der Waals surface area contributed by atoms with Gasteiger partial charge in [0.15, 0.2) is 0 Å². The SMILES string of the molecule is Cc1ccc(C(O)=C2C(=O)C(=O)NC2c2ccc(Cl)cc2)cc1. The molecule has 23 heavy (non-hydrogen) atoms. The van der Waals surface area contributed by atoms with E-state index in [9.17, 15) is 14.7 Å². The summed E-state index contributed by atoms with van der Waals surface area (Å²) in [7, 11) is 0. The van der Waals surface area contributed by atoms with Gasteiger partial charge in [0.05, 0.1) is 11.6 Å². The van der Waals surface area contributed by atoms with E-state index in [0.29, 0.717) is 16.1 Å². The molecule has 1 atom stereocenters. The number of hydrogen-bond acceptors (Lipinski definition) is 3. The summed E-state index contributed by atoms with van der Waals surface area (Å²) < 4.78 is 0. The average molecular weight is 328 g/mol. The fraction of sp³-hybridized carbons (Fsp3) is 0.111. The summed E-state index contributed by atoms with van der Waals surface area (Å²) in [5, 5.41) is 13.7. The van der Waals surface area contributed by atoms with E-state index in [0.717, 1.165) is 5.56 Å². The van der Waals surface area contributed by atoms with E-state index in [-0.39, 0.29) is 11.3 Å². The van der Waals surface area contributed by atoms with Gasteiger partial charge in [0.25, 0.3) is 11.7 Å². The van der Waals surface area contributed by atoms with Gasteiger partial charge in [-0.15, -0.1) is 0 Å². The molecule has 1 heterocycles. The normalized spacial score (nSPS) is 19.7. The molecule has 1 saturated heterocycles. The molecule has 3 rings (SSSR count). The van der Waals surface area contributed by atoms with Crippen molar-refractivity contribution in [3.63, 3.8) is 0 Å². The lowest BCUT2D eigenvalue weighted by atomic mass is 9.95. The topological polar surface area (TPSA) is 66.4 Å². The molecule has 1 aliphatic rings. The molecule has 0 saturated carbocycles. The molecule has 0 radical (unpaired) electrons. The predicted molar refractivity (Wildman–Crippen MR) is 88.1 cm³/mol. The standard InChI is InChI=1S/C18H14ClNO3/c1-10-2-4-12(5-3-10)16(21)14-15(20-18(23)17(14)22)11-6-8-13(19)9-7-11/h2-9,15,21H,1H3,(H,20,23). The number of aliphatic hydroxyl groups is 1. The van der Waals surface area contributed by atoms with Gasteiger partial charge in [-0.3, -0.25) is 9.59 Å². The largest absolute Gasteiger partial charge is 0.507 e. The van der Waals surface area contributed by atoms with Crippen LogP contribution in [-0.4, -0.2) is 16.8 Å². The molecule has 5 heteroatoms. The van der Waals surface area contributed by atoms with Gasteiger partial charge in [-0.2, -0.15) is 0 Å². The molecule has 4 nitrogen and oxygen atoms in total. The molecule has 0 aliphatic carbocycles. The molecule has 1 amide bonds. The maximum atomic E-state index is 12.2. The van der Waals surface area contributed by atoms with Crippen LogP contribution in [0.5, 0.6) is 0 Å². The van der Waals surface area contributed by atoms with Gasteiger partial charge >= 0.3 is 0 Å². The Labute approximate surface area is 138 Å². The Kier molecular flexibility index (Phi) is 3.92. The summed E-state index contributed by atoms with van der Waals surface area (Å²) in [5.41, 5.74) is 2.27. The molecule has 0 aromatic heterocycles. The van der Waals surface area contributed by atoms with Gasteiger partial charge in [0, 0.05) is 10.6 Å². The van der Waals surface area contributed by atoms with Gasteiger partial charge in [-0.05, 0) is 24.6 Å². The van der Waals surface area contributed by atoms with Crippen molar-refractivity contribution >= 4 is 29.1 Å². The molecular formula is C18H14ClNO3. The highest BCUT2D eigenvalue weighted by molar-refractivity contribution is 6.46. The van der Waals surface area contributed by atoms with E-state index in [2.05, 4.69) is 5.32 Å². The fourth-order valence-corrected chi connectivity index (χ4v) is 2.66. The third kappa shape index (κ3) is 2.85. The van der Waals surface area contributed by atoms with Gasteiger partial charge in [-0.25, -0.2) is 0 Å². The Balaban J connectivity index is 2.10. The number of aryl methyl sites for hydroxylation is 1. The van der Waals surface area contributed by atoms with Crippen molar-refractivity contribution in [3.05, 3.63) is 75.8 Å². The number of nitrogens with one attached hydrogen (secondary N) is 1. The van der Waals surface area contributed by atoms with Crippen molar-refractivity contribution < 1.29 is 14.7 Å². The Bertz CT molecular complexity index is 807. The Morgan fingerprint density at radius 1 is 1.04 bits per heavy atom. The van der Waals surface area contributed by atoms with Crippen molar-refractivity contribution in [2.75, 3.05) is 0 Å². The molecule has 0 spiro atoms. The molecule has 1 fully saturated rings. The fourth-order valence-electron chi connectivity index (χ4n) is 2.54. The second kappa shape index (κ2) is 5.89. The van der Waals surface area contributed by atoms with Crippen LogP contribution in [0.2, 0.25) is 5.02 Å². The summed E-state index contributed by atoms with van der Waals surface area (Å²) in [4.78, 5) is 24.0. The monoisotopic (exact) mass is 327 g/mol. The van der Waals surface area contributed by atoms with E-state index < -0.39 is 17.7 Å². The lowest BCUT2D eigenvalue weighted by molar-refractivity contribution is -0.133. The lowest BCUT2D eigenvalue weighted by Crippen LogP contribution is -2.21. The summed E-state index contributed by atoms with van der Waals surface area (Å²) in [5.74, 6) is -1.63. The van der Waals surface area contributed by atoms with E-state index in [1.807, 2.05) is 19.1 Å². The second-order valence-corrected chi connectivity index (χ2v) is 5.85. The number of halogens is 1. The third-order valence-corrected chi connectivity index (χ3v) is 4.05. The molecule has 2 N–H and O–H groups in total. The molecule has 116 valence electrons. The van der Waals surface area contributed by atoms with Crippen LogP contribution in [-0.2, 0) is 9.59 Å². The number of ketones is 1. The number of rotatable bonds is 2. The molecule has 2 aromatic carbocycles. The van der Waals surface area contributed by atoms with Gasteiger partial charge in [-0.1, -0.05) is 53.6 Å². The smallest absolute Gasteiger partial charge is 0.293 e. The molecular weight excluding hydrogens is 314 g/mol. The van der Waals surface area contributed by atoms with Crippen molar-refractivity contribution in [3.8, 4) is 0 Å². The minimum Gasteiger partial charge on any atom is -0.507 e. The number of carbonyl (C=O) groups excluding carboxylic acids is 2. The third-order valence-electron chi connectivity index (χ3n) is 3.80. The zero-order chi connectivity index (χ0) is 16.6. The van der Waals surface area contributed by atoms with Gasteiger partial charge in [0.1, 0.15) is 5.76 Å². The minimum absolute atomic E-state index is 0.0566. The predicted octanol–water partition coefficient (Wildman–Crippen LogP) is 3.36. The zero-order valence-electron chi connectivity index (χ0n) is 12.3. The summed E-state index contributed by atoms with van der Waals surface area (Å²) >= 11 is 5.87. The van der Waals surface area contributed by atoms with E-state index >= 15 is 0 Å². The molecule has 2 aromatic rings. The van der Waals surface area contributed by atoms with Crippen LogP contribution in [0.25, 0.3) is 5.76 Å². The first kappa shape index (κ1) is 15.3. The minimum atomic E-state index is -0.724. The zero-order valence-corrected chi connectivity index (χ0v) is 13.1. The summed E-state index contributed by atoms with van der Waals surface area (Å²) in [6.07, 6.45) is 0. The van der Waals surface area contributed by atoms with Gasteiger partial charge in [0.2, 0.25) is 0 Å². The van der Waals surface area contributed by atoms with E-state index in [4.69, 9.17) is 11.6 Å². The number of amides is 1. The van der Waals surface area contributed by atoms with Crippen LogP contribution in [0.15, 0.2) is 54.1 Å². The van der Waals surface area contributed by atoms with Crippen LogP contribution < -0.4 is 5.32 Å². The van der Waals surface area contributed by atoms with Crippen molar-refractivity contribution in [1.29, 1.82) is 0 Å². The van der Waals surface area contributed by atoms with Gasteiger partial charge < -0.3 is 10.4 Å². The number of hydrogen-bond donors (Lipinski definition) is 2. The lowest BCUT2D eigenvalue weighted by Gasteiger charge is -2.14. The van der Waals surface area contributed by atoms with Crippen LogP contribution in [0.1, 0.15) is 22.7 Å². The highest BCUT2D eigenvalue weighted by Crippen LogP contribution is 2.33. The second-order valence-electron chi connectivity index (χ2n) is 5.42. The first-order valence-electron chi connectivity index (χ1n) is 7.08. The Morgan fingerprint density at radius 3 is 2.26 bits per heavy atom. The van der Waals surface area contributed by atoms with Crippen LogP contribution in [0.4, 0.5) is 0 Å². The Morgan fingerprint density at radius 2 is 1.65 bits per heavy atom. The molecule has 1 unspecified atom stereocenters. The maximum Gasteiger partial charge on any atom is 0.293 e. The summed E-state index contributed by atoms with van der Waals surface area (Å²) in [6, 6.07) is 13.2. The van der Waals surface area contributed by atoms with Crippen LogP contribution in [0, 0.1) is 6.92 Å². The number of carbonyl (C=O) groups is 2. The Hall–Kier alpha value is -2.59. The van der Waals surface area contributed by atoms with Crippen molar-refractivity contribution in [2.24, 2.45) is 0 Å². The summed E-state index contributed by atoms with van der Waals surface area (Å²) in [6.45, 7) is 1.93. The molecule has 1 aliphatic heterocycles. The number of aliphatic hydroxyl groups excluding tert-OH is 1. The maximum absolute atomic E-state index is 12.2. The first-order valence-corrected chi connectivity index (χ1v) is 7.46. The van der Waals surface area contributed by atoms with Crippen LogP contribution in [0.3, 0.4) is 0 Å². The first-order chi connectivity index (χ1) is 11.0. The number of benzene rings is 2. The van der Waals surface area contributed by atoms with Crippen LogP contribution >= 0.6 is 11.6 Å². The average Bonchev–Trinajstić information content (AvgIpc) is 2.84. The molecule has 0 bridgehead atoms. The van der Waals surface area contributed by atoms with E-state index in [1.165, 1.54) is 0 Å². The van der Waals surface area contributed by atoms with Crippen molar-refractivity contribution in [1.82, 2.24) is 5.32 Å². The highest BCUT2D eigenvalue weighted by atomic mass is 35.5. The quantitative estimate of drug-likeness (QED) is 0.505. The number of Topliss-reactive ketones (excluding diaryl/α,β-unsaturated/α-hetero) is 1.